The highest BCUT2D eigenvalue weighted by molar-refractivity contribution is 6.31. The lowest BCUT2D eigenvalue weighted by Gasteiger charge is -2.15. The van der Waals surface area contributed by atoms with Gasteiger partial charge < -0.3 is 19.9 Å². The van der Waals surface area contributed by atoms with Crippen LogP contribution in [0.4, 0.5) is 5.69 Å². The molecule has 0 fully saturated rings. The number of aromatic carboxylic acids is 1. The van der Waals surface area contributed by atoms with Gasteiger partial charge in [0.25, 0.3) is 0 Å². The molecule has 29 heavy (non-hydrogen) atoms. The first-order valence-electron chi connectivity index (χ1n) is 9.09. The van der Waals surface area contributed by atoms with E-state index in [1.165, 1.54) is 0 Å². The summed E-state index contributed by atoms with van der Waals surface area (Å²) in [4.78, 5) is 11.1. The fourth-order valence-electron chi connectivity index (χ4n) is 2.91. The summed E-state index contributed by atoms with van der Waals surface area (Å²) >= 11 is 6.46. The van der Waals surface area contributed by atoms with E-state index < -0.39 is 5.97 Å². The molecule has 0 radical (unpaired) electrons. The minimum atomic E-state index is -0.946. The number of halogens is 1. The Hall–Kier alpha value is -3.18. The molecular weight excluding hydrogens is 390 g/mol. The van der Waals surface area contributed by atoms with Crippen molar-refractivity contribution in [2.45, 2.75) is 20.1 Å². The van der Waals surface area contributed by atoms with Gasteiger partial charge in [-0.1, -0.05) is 41.9 Å². The Kier molecular flexibility index (Phi) is 6.62. The summed E-state index contributed by atoms with van der Waals surface area (Å²) in [5, 5.41) is 12.9. The number of ether oxygens (including phenoxy) is 2. The molecule has 3 aromatic rings. The number of anilines is 1. The van der Waals surface area contributed by atoms with E-state index in [4.69, 9.17) is 26.2 Å². The van der Waals surface area contributed by atoms with E-state index in [0.717, 1.165) is 22.4 Å². The monoisotopic (exact) mass is 411 g/mol. The van der Waals surface area contributed by atoms with Gasteiger partial charge in [-0.2, -0.15) is 0 Å². The van der Waals surface area contributed by atoms with Crippen LogP contribution in [0.25, 0.3) is 0 Å². The van der Waals surface area contributed by atoms with Crippen molar-refractivity contribution in [3.05, 3.63) is 87.9 Å². The lowest BCUT2D eigenvalue weighted by Crippen LogP contribution is -2.05. The van der Waals surface area contributed by atoms with Crippen molar-refractivity contribution < 1.29 is 19.4 Å². The molecule has 0 atom stereocenters. The third-order valence-corrected chi connectivity index (χ3v) is 4.86. The predicted octanol–water partition coefficient (Wildman–Crippen LogP) is 5.55. The number of hydrogen-bond acceptors (Lipinski definition) is 4. The first kappa shape index (κ1) is 20.6. The van der Waals surface area contributed by atoms with Crippen LogP contribution in [0, 0.1) is 6.92 Å². The molecule has 0 saturated heterocycles. The quantitative estimate of drug-likeness (QED) is 0.509. The lowest BCUT2D eigenvalue weighted by atomic mass is 10.1. The van der Waals surface area contributed by atoms with Crippen LogP contribution < -0.4 is 14.8 Å². The minimum absolute atomic E-state index is 0.257. The van der Waals surface area contributed by atoms with Crippen LogP contribution in [0.5, 0.6) is 11.5 Å². The molecule has 3 aromatic carbocycles. The summed E-state index contributed by atoms with van der Waals surface area (Å²) in [6.45, 7) is 2.74. The van der Waals surface area contributed by atoms with E-state index in [1.54, 1.807) is 31.4 Å². The number of benzene rings is 3. The highest BCUT2D eigenvalue weighted by atomic mass is 35.5. The average Bonchev–Trinajstić information content (AvgIpc) is 2.72. The first-order valence-corrected chi connectivity index (χ1v) is 9.46. The summed E-state index contributed by atoms with van der Waals surface area (Å²) in [7, 11) is 1.59. The molecule has 0 amide bonds. The molecule has 5 nitrogen and oxygen atoms in total. The predicted molar refractivity (Wildman–Crippen MR) is 114 cm³/mol. The van der Waals surface area contributed by atoms with Gasteiger partial charge in [0.1, 0.15) is 6.61 Å². The van der Waals surface area contributed by atoms with E-state index in [0.29, 0.717) is 29.7 Å². The van der Waals surface area contributed by atoms with E-state index in [-0.39, 0.29) is 5.56 Å². The zero-order valence-electron chi connectivity index (χ0n) is 16.2. The summed E-state index contributed by atoms with van der Waals surface area (Å²) in [6.07, 6.45) is 0. The van der Waals surface area contributed by atoms with Crippen LogP contribution in [0.1, 0.15) is 27.0 Å². The van der Waals surface area contributed by atoms with Crippen molar-refractivity contribution >= 4 is 23.3 Å². The highest BCUT2D eigenvalue weighted by Gasteiger charge is 2.12. The summed E-state index contributed by atoms with van der Waals surface area (Å²) in [5.41, 5.74) is 3.84. The van der Waals surface area contributed by atoms with Crippen molar-refractivity contribution in [2.75, 3.05) is 12.4 Å². The lowest BCUT2D eigenvalue weighted by molar-refractivity contribution is 0.0697. The zero-order chi connectivity index (χ0) is 20.8. The van der Waals surface area contributed by atoms with Crippen LogP contribution in [-0.4, -0.2) is 18.2 Å². The van der Waals surface area contributed by atoms with Crippen LogP contribution in [0.3, 0.4) is 0 Å². The van der Waals surface area contributed by atoms with Crippen molar-refractivity contribution in [3.63, 3.8) is 0 Å². The first-order chi connectivity index (χ1) is 14.0. The number of carboxylic acid groups (broad SMARTS) is 1. The summed E-state index contributed by atoms with van der Waals surface area (Å²) in [5.74, 6) is 0.227. The molecule has 0 bridgehead atoms. The molecule has 2 N–H and O–H groups in total. The number of methoxy groups -OCH3 is 1. The van der Waals surface area contributed by atoms with Gasteiger partial charge in [-0.15, -0.1) is 0 Å². The molecule has 0 aliphatic rings. The second-order valence-electron chi connectivity index (χ2n) is 6.56. The van der Waals surface area contributed by atoms with Crippen molar-refractivity contribution in [2.24, 2.45) is 0 Å². The molecule has 0 spiro atoms. The van der Waals surface area contributed by atoms with Crippen molar-refractivity contribution in [1.29, 1.82) is 0 Å². The van der Waals surface area contributed by atoms with Gasteiger partial charge in [-0.25, -0.2) is 4.79 Å². The Labute approximate surface area is 174 Å². The molecule has 3 rings (SSSR count). The van der Waals surface area contributed by atoms with Gasteiger partial charge in [0.2, 0.25) is 0 Å². The third kappa shape index (κ3) is 5.21. The van der Waals surface area contributed by atoms with E-state index in [9.17, 15) is 4.79 Å². The van der Waals surface area contributed by atoms with Gasteiger partial charge >= 0.3 is 5.97 Å². The molecule has 0 aliphatic heterocycles. The normalized spacial score (nSPS) is 10.4. The Bertz CT molecular complexity index is 1010. The van der Waals surface area contributed by atoms with Gasteiger partial charge in [-0.05, 0) is 47.9 Å². The van der Waals surface area contributed by atoms with Gasteiger partial charge in [-0.3, -0.25) is 0 Å². The topological polar surface area (TPSA) is 67.8 Å². The molecule has 0 saturated carbocycles. The molecule has 6 heteroatoms. The Balaban J connectivity index is 1.72. The average molecular weight is 412 g/mol. The van der Waals surface area contributed by atoms with Gasteiger partial charge in [0.15, 0.2) is 11.5 Å². The Morgan fingerprint density at radius 1 is 1.07 bits per heavy atom. The number of carboxylic acids is 1. The summed E-state index contributed by atoms with van der Waals surface area (Å²) in [6, 6.07) is 18.4. The SMILES string of the molecule is COc1cc(CNc2ccc(C(=O)O)cc2C)c(Cl)cc1OCc1ccccc1. The van der Waals surface area contributed by atoms with Crippen molar-refractivity contribution in [3.8, 4) is 11.5 Å². The number of hydrogen-bond donors (Lipinski definition) is 2. The molecule has 150 valence electrons. The van der Waals surface area contributed by atoms with E-state index in [1.807, 2.05) is 43.3 Å². The Morgan fingerprint density at radius 3 is 2.48 bits per heavy atom. The second-order valence-corrected chi connectivity index (χ2v) is 6.96. The number of carbonyl (C=O) groups is 1. The van der Waals surface area contributed by atoms with Crippen LogP contribution >= 0.6 is 11.6 Å². The molecule has 0 unspecified atom stereocenters. The number of nitrogens with one attached hydrogen (secondary N) is 1. The number of rotatable bonds is 8. The highest BCUT2D eigenvalue weighted by Crippen LogP contribution is 2.34. The van der Waals surface area contributed by atoms with Gasteiger partial charge in [0, 0.05) is 23.3 Å². The maximum absolute atomic E-state index is 11.1. The standard InChI is InChI=1S/C23H22ClNO4/c1-15-10-17(23(26)27)8-9-20(15)25-13-18-11-21(28-2)22(12-19(18)24)29-14-16-6-4-3-5-7-16/h3-12,25H,13-14H2,1-2H3,(H,26,27). The zero-order valence-corrected chi connectivity index (χ0v) is 17.0. The van der Waals surface area contributed by atoms with Gasteiger partial charge in [0.05, 0.1) is 12.7 Å². The molecule has 0 aromatic heterocycles. The third-order valence-electron chi connectivity index (χ3n) is 4.51. The minimum Gasteiger partial charge on any atom is -0.493 e. The van der Waals surface area contributed by atoms with Crippen LogP contribution in [0.15, 0.2) is 60.7 Å². The van der Waals surface area contributed by atoms with E-state index >= 15 is 0 Å². The molecular formula is C23H22ClNO4. The fourth-order valence-corrected chi connectivity index (χ4v) is 3.13. The maximum Gasteiger partial charge on any atom is 0.335 e. The molecule has 0 heterocycles. The van der Waals surface area contributed by atoms with Crippen LogP contribution in [-0.2, 0) is 13.2 Å². The second kappa shape index (κ2) is 9.34. The smallest absolute Gasteiger partial charge is 0.335 e. The number of aryl methyl sites for hydroxylation is 1. The largest absolute Gasteiger partial charge is 0.493 e. The van der Waals surface area contributed by atoms with Crippen LogP contribution in [0.2, 0.25) is 5.02 Å². The van der Waals surface area contributed by atoms with E-state index in [2.05, 4.69) is 5.32 Å². The maximum atomic E-state index is 11.1. The van der Waals surface area contributed by atoms with Crippen molar-refractivity contribution in [1.82, 2.24) is 0 Å². The fraction of sp³-hybridized carbons (Fsp3) is 0.174. The Morgan fingerprint density at radius 2 is 1.83 bits per heavy atom. The summed E-state index contributed by atoms with van der Waals surface area (Å²) < 4.78 is 11.4. The molecule has 0 aliphatic carbocycles.